The van der Waals surface area contributed by atoms with E-state index in [0.717, 1.165) is 49.5 Å². The fourth-order valence-electron chi connectivity index (χ4n) is 4.03. The summed E-state index contributed by atoms with van der Waals surface area (Å²) < 4.78 is 8.57. The van der Waals surface area contributed by atoms with Crippen molar-refractivity contribution in [2.75, 3.05) is 12.4 Å². The molecule has 0 aliphatic carbocycles. The molecule has 0 radical (unpaired) electrons. The summed E-state index contributed by atoms with van der Waals surface area (Å²) in [5.41, 5.74) is 6.37. The third-order valence-corrected chi connectivity index (χ3v) is 6.56. The Morgan fingerprint density at radius 2 is 1.81 bits per heavy atom. The van der Waals surface area contributed by atoms with Crippen molar-refractivity contribution >= 4 is 61.7 Å². The first kappa shape index (κ1) is 21.1. The third-order valence-electron chi connectivity index (χ3n) is 5.66. The van der Waals surface area contributed by atoms with Crippen LogP contribution in [-0.4, -0.2) is 16.7 Å². The number of pyridine rings is 1. The zero-order valence-electron chi connectivity index (χ0n) is 17.7. The molecule has 0 fully saturated rings. The van der Waals surface area contributed by atoms with Gasteiger partial charge in [0.15, 0.2) is 0 Å². The van der Waals surface area contributed by atoms with E-state index in [1.807, 2.05) is 36.4 Å². The number of anilines is 1. The van der Waals surface area contributed by atoms with Gasteiger partial charge in [-0.2, -0.15) is 0 Å². The number of aromatic nitrogens is 2. The Hall–Kier alpha value is -2.77. The summed E-state index contributed by atoms with van der Waals surface area (Å²) in [5.74, 6) is 0.844. The van der Waals surface area contributed by atoms with Crippen molar-refractivity contribution in [3.63, 3.8) is 0 Å². The minimum Gasteiger partial charge on any atom is -0.497 e. The quantitative estimate of drug-likeness (QED) is 0.233. The van der Waals surface area contributed by atoms with Crippen LogP contribution in [0.15, 0.2) is 72.9 Å². The Morgan fingerprint density at radius 1 is 1.00 bits per heavy atom. The number of hydrogen-bond donors (Lipinski definition) is 1. The van der Waals surface area contributed by atoms with Crippen molar-refractivity contribution in [2.45, 2.75) is 6.54 Å². The number of aryl methyl sites for hydroxylation is 1. The number of nitrogens with zero attached hydrogens (tertiary/aromatic N) is 2. The maximum absolute atomic E-state index is 6.32. The second-order valence-electron chi connectivity index (χ2n) is 7.73. The molecule has 2 aromatic heterocycles. The summed E-state index contributed by atoms with van der Waals surface area (Å²) in [4.78, 5) is 5.01. The Balaban J connectivity index is 1.61. The highest BCUT2D eigenvalue weighted by Gasteiger charge is 2.14. The molecule has 0 bridgehead atoms. The summed E-state index contributed by atoms with van der Waals surface area (Å²) in [6.45, 7) is 0.684. The smallest absolute Gasteiger partial charge is 0.119 e. The molecule has 0 atom stereocenters. The monoisotopic (exact) mass is 553 g/mol. The molecule has 5 aromatic rings. The Labute approximate surface area is 205 Å². The SMILES string of the molecule is COc1ccc(NCc2cc(-c3cn(C)c4ccc(Cl)cc34)nc3ccc(I)cc23)cc1. The maximum atomic E-state index is 6.32. The lowest BCUT2D eigenvalue weighted by molar-refractivity contribution is 0.415. The highest BCUT2D eigenvalue weighted by atomic mass is 127. The van der Waals surface area contributed by atoms with Crippen molar-refractivity contribution < 1.29 is 4.74 Å². The zero-order valence-corrected chi connectivity index (χ0v) is 20.6. The summed E-state index contributed by atoms with van der Waals surface area (Å²) in [5, 5.41) is 6.52. The molecule has 2 heterocycles. The minimum atomic E-state index is 0.684. The van der Waals surface area contributed by atoms with Crippen LogP contribution in [0.2, 0.25) is 5.02 Å². The average Bonchev–Trinajstić information content (AvgIpc) is 3.13. The van der Waals surface area contributed by atoms with Gasteiger partial charge in [0.25, 0.3) is 0 Å². The first-order valence-electron chi connectivity index (χ1n) is 10.2. The van der Waals surface area contributed by atoms with E-state index in [1.54, 1.807) is 7.11 Å². The van der Waals surface area contributed by atoms with E-state index in [-0.39, 0.29) is 0 Å². The minimum absolute atomic E-state index is 0.684. The molecule has 0 saturated heterocycles. The number of benzene rings is 3. The van der Waals surface area contributed by atoms with Gasteiger partial charge in [0.1, 0.15) is 5.75 Å². The molecular weight excluding hydrogens is 533 g/mol. The van der Waals surface area contributed by atoms with Gasteiger partial charge in [-0.25, -0.2) is 4.98 Å². The molecular formula is C26H21ClIN3O. The normalized spacial score (nSPS) is 11.2. The van der Waals surface area contributed by atoms with E-state index in [1.165, 1.54) is 9.13 Å². The van der Waals surface area contributed by atoms with Crippen molar-refractivity contribution in [1.82, 2.24) is 9.55 Å². The van der Waals surface area contributed by atoms with E-state index in [0.29, 0.717) is 6.54 Å². The molecule has 0 spiro atoms. The lowest BCUT2D eigenvalue weighted by atomic mass is 10.0. The number of halogens is 2. The van der Waals surface area contributed by atoms with Gasteiger partial charge in [-0.1, -0.05) is 11.6 Å². The Morgan fingerprint density at radius 3 is 2.59 bits per heavy atom. The van der Waals surface area contributed by atoms with Crippen LogP contribution in [0.5, 0.6) is 5.75 Å². The van der Waals surface area contributed by atoms with E-state index in [4.69, 9.17) is 21.3 Å². The standard InChI is InChI=1S/C26H21ClIN3O/c1-31-15-23(22-12-17(27)3-10-26(22)31)25-11-16(21-13-18(28)4-9-24(21)30-25)14-29-19-5-7-20(32-2)8-6-19/h3-13,15,29H,14H2,1-2H3. The molecule has 0 unspecified atom stereocenters. The van der Waals surface area contributed by atoms with Gasteiger partial charge < -0.3 is 14.6 Å². The van der Waals surface area contributed by atoms with Crippen LogP contribution < -0.4 is 10.1 Å². The molecule has 0 amide bonds. The molecule has 0 aliphatic rings. The molecule has 160 valence electrons. The molecule has 32 heavy (non-hydrogen) atoms. The molecule has 0 saturated carbocycles. The molecule has 3 aromatic carbocycles. The highest BCUT2D eigenvalue weighted by Crippen LogP contribution is 2.34. The predicted molar refractivity (Wildman–Crippen MR) is 142 cm³/mol. The first-order valence-corrected chi connectivity index (χ1v) is 11.7. The number of hydrogen-bond acceptors (Lipinski definition) is 3. The summed E-state index contributed by atoms with van der Waals surface area (Å²) in [7, 11) is 3.73. The highest BCUT2D eigenvalue weighted by molar-refractivity contribution is 14.1. The van der Waals surface area contributed by atoms with E-state index in [2.05, 4.69) is 76.1 Å². The lowest BCUT2D eigenvalue weighted by Gasteiger charge is -2.12. The van der Waals surface area contributed by atoms with E-state index in [9.17, 15) is 0 Å². The van der Waals surface area contributed by atoms with E-state index >= 15 is 0 Å². The van der Waals surface area contributed by atoms with Gasteiger partial charge in [-0.3, -0.25) is 0 Å². The van der Waals surface area contributed by atoms with Gasteiger partial charge in [0, 0.05) is 55.9 Å². The second kappa shape index (κ2) is 8.64. The van der Waals surface area contributed by atoms with Crippen LogP contribution in [0, 0.1) is 3.57 Å². The molecule has 0 aliphatic heterocycles. The van der Waals surface area contributed by atoms with Crippen molar-refractivity contribution in [3.8, 4) is 17.0 Å². The summed E-state index contributed by atoms with van der Waals surface area (Å²) in [6.07, 6.45) is 2.13. The summed E-state index contributed by atoms with van der Waals surface area (Å²) >= 11 is 8.67. The predicted octanol–water partition coefficient (Wildman–Crippen LogP) is 7.27. The Kier molecular flexibility index (Phi) is 5.69. The number of fused-ring (bicyclic) bond motifs is 2. The van der Waals surface area contributed by atoms with Gasteiger partial charge >= 0.3 is 0 Å². The van der Waals surface area contributed by atoms with Crippen LogP contribution in [0.4, 0.5) is 5.69 Å². The van der Waals surface area contributed by atoms with Crippen LogP contribution >= 0.6 is 34.2 Å². The van der Waals surface area contributed by atoms with Gasteiger partial charge in [-0.05, 0) is 94.9 Å². The van der Waals surface area contributed by atoms with Gasteiger partial charge in [0.05, 0.1) is 18.3 Å². The van der Waals surface area contributed by atoms with Crippen LogP contribution in [0.3, 0.4) is 0 Å². The molecule has 6 heteroatoms. The van der Waals surface area contributed by atoms with E-state index < -0.39 is 0 Å². The van der Waals surface area contributed by atoms with Crippen LogP contribution in [-0.2, 0) is 13.6 Å². The Bertz CT molecular complexity index is 1440. The maximum Gasteiger partial charge on any atom is 0.119 e. The lowest BCUT2D eigenvalue weighted by Crippen LogP contribution is -2.02. The van der Waals surface area contributed by atoms with Gasteiger partial charge in [0.2, 0.25) is 0 Å². The second-order valence-corrected chi connectivity index (χ2v) is 9.41. The number of methoxy groups -OCH3 is 1. The molecule has 1 N–H and O–H groups in total. The summed E-state index contributed by atoms with van der Waals surface area (Å²) in [6, 6.07) is 22.5. The average molecular weight is 554 g/mol. The topological polar surface area (TPSA) is 39.1 Å². The number of rotatable bonds is 5. The molecule has 5 rings (SSSR count). The van der Waals surface area contributed by atoms with Crippen LogP contribution in [0.1, 0.15) is 5.56 Å². The van der Waals surface area contributed by atoms with Crippen molar-refractivity contribution in [3.05, 3.63) is 87.1 Å². The third kappa shape index (κ3) is 4.02. The largest absolute Gasteiger partial charge is 0.497 e. The number of ether oxygens (including phenoxy) is 1. The zero-order chi connectivity index (χ0) is 22.2. The first-order chi connectivity index (χ1) is 15.5. The fourth-order valence-corrected chi connectivity index (χ4v) is 4.69. The van der Waals surface area contributed by atoms with Gasteiger partial charge in [-0.15, -0.1) is 0 Å². The molecule has 4 nitrogen and oxygen atoms in total. The fraction of sp³-hybridized carbons (Fsp3) is 0.115. The number of nitrogens with one attached hydrogen (secondary N) is 1. The van der Waals surface area contributed by atoms with Crippen molar-refractivity contribution in [1.29, 1.82) is 0 Å². The van der Waals surface area contributed by atoms with Crippen molar-refractivity contribution in [2.24, 2.45) is 7.05 Å². The van der Waals surface area contributed by atoms with Crippen LogP contribution in [0.25, 0.3) is 33.1 Å².